The molecule has 0 spiro atoms. The minimum Gasteiger partial charge on any atom is -0.333 e. The zero-order chi connectivity index (χ0) is 23.8. The van der Waals surface area contributed by atoms with E-state index in [0.29, 0.717) is 12.0 Å². The number of benzene rings is 1. The van der Waals surface area contributed by atoms with E-state index in [4.69, 9.17) is 11.6 Å². The zero-order valence-corrected chi connectivity index (χ0v) is 21.5. The molecule has 2 bridgehead atoms. The summed E-state index contributed by atoms with van der Waals surface area (Å²) in [7, 11) is 3.56. The Morgan fingerprint density at radius 1 is 1.12 bits per heavy atom. The van der Waals surface area contributed by atoms with Gasteiger partial charge in [0.25, 0.3) is 0 Å². The SMILES string of the molecule is CN.CNC1C(C)CC2CC1CC(C)(C=O)C2.O=CC1(NSc2ccccc2Cl)CCC1. The Kier molecular flexibility index (Phi) is 10.7. The second-order valence-corrected chi connectivity index (χ2v) is 11.1. The van der Waals surface area contributed by atoms with Crippen LogP contribution in [0.5, 0.6) is 0 Å². The van der Waals surface area contributed by atoms with Crippen LogP contribution >= 0.6 is 23.5 Å². The van der Waals surface area contributed by atoms with Gasteiger partial charge in [-0.1, -0.05) is 37.6 Å². The highest BCUT2D eigenvalue weighted by molar-refractivity contribution is 7.97. The van der Waals surface area contributed by atoms with Crippen molar-refractivity contribution in [2.75, 3.05) is 14.1 Å². The molecule has 0 radical (unpaired) electrons. The molecule has 0 heterocycles. The number of carbonyl (C=O) groups is 2. The molecular weight excluding hydrogens is 442 g/mol. The summed E-state index contributed by atoms with van der Waals surface area (Å²) in [5.41, 5.74) is 4.15. The van der Waals surface area contributed by atoms with E-state index in [9.17, 15) is 9.59 Å². The third kappa shape index (κ3) is 6.80. The molecular formula is C25H40ClN3O2S. The van der Waals surface area contributed by atoms with Crippen LogP contribution in [0.25, 0.3) is 0 Å². The van der Waals surface area contributed by atoms with E-state index < -0.39 is 0 Å². The van der Waals surface area contributed by atoms with Crippen LogP contribution in [0.1, 0.15) is 58.8 Å². The van der Waals surface area contributed by atoms with Gasteiger partial charge in [0.2, 0.25) is 0 Å². The van der Waals surface area contributed by atoms with Crippen LogP contribution in [-0.4, -0.2) is 38.2 Å². The van der Waals surface area contributed by atoms with E-state index >= 15 is 0 Å². The van der Waals surface area contributed by atoms with Gasteiger partial charge in [0.1, 0.15) is 12.6 Å². The Bertz CT molecular complexity index is 744. The van der Waals surface area contributed by atoms with Gasteiger partial charge in [-0.05, 0) is 101 Å². The molecule has 4 rings (SSSR count). The maximum Gasteiger partial charge on any atom is 0.140 e. The van der Waals surface area contributed by atoms with Gasteiger partial charge < -0.3 is 20.6 Å². The van der Waals surface area contributed by atoms with Crippen molar-refractivity contribution in [2.24, 2.45) is 28.9 Å². The Labute approximate surface area is 203 Å². The number of hydrogen-bond acceptors (Lipinski definition) is 6. The van der Waals surface area contributed by atoms with E-state index in [0.717, 1.165) is 60.1 Å². The van der Waals surface area contributed by atoms with E-state index in [1.54, 1.807) is 0 Å². The highest BCUT2D eigenvalue weighted by atomic mass is 35.5. The van der Waals surface area contributed by atoms with Crippen LogP contribution < -0.4 is 15.8 Å². The summed E-state index contributed by atoms with van der Waals surface area (Å²) < 4.78 is 3.20. The molecule has 1 aromatic rings. The first kappa shape index (κ1) is 27.3. The Hall–Kier alpha value is -0.920. The normalized spacial score (nSPS) is 32.2. The lowest BCUT2D eigenvalue weighted by molar-refractivity contribution is -0.120. The van der Waals surface area contributed by atoms with Gasteiger partial charge in [0.15, 0.2) is 0 Å². The van der Waals surface area contributed by atoms with E-state index in [1.165, 1.54) is 38.1 Å². The first-order chi connectivity index (χ1) is 15.3. The van der Waals surface area contributed by atoms with Crippen LogP contribution in [0.4, 0.5) is 0 Å². The molecule has 0 saturated heterocycles. The molecule has 5 atom stereocenters. The molecule has 3 aliphatic carbocycles. The van der Waals surface area contributed by atoms with Crippen molar-refractivity contribution in [3.05, 3.63) is 29.3 Å². The van der Waals surface area contributed by atoms with Gasteiger partial charge in [-0.3, -0.25) is 0 Å². The number of nitrogens with two attached hydrogens (primary N) is 1. The third-order valence-electron chi connectivity index (χ3n) is 7.24. The quantitative estimate of drug-likeness (QED) is 0.397. The average molecular weight is 482 g/mol. The molecule has 180 valence electrons. The van der Waals surface area contributed by atoms with E-state index in [2.05, 4.69) is 36.7 Å². The minimum atomic E-state index is -0.316. The number of carbonyl (C=O) groups excluding carboxylic acids is 2. The first-order valence-corrected chi connectivity index (χ1v) is 12.9. The number of fused-ring (bicyclic) bond motifs is 2. The topological polar surface area (TPSA) is 84.2 Å². The molecule has 3 saturated carbocycles. The minimum absolute atomic E-state index is 0.0389. The van der Waals surface area contributed by atoms with Crippen molar-refractivity contribution in [1.82, 2.24) is 10.0 Å². The number of rotatable bonds is 6. The van der Waals surface area contributed by atoms with Gasteiger partial charge in [0, 0.05) is 16.4 Å². The number of halogens is 1. The van der Waals surface area contributed by atoms with E-state index in [-0.39, 0.29) is 11.0 Å². The second-order valence-electron chi connectivity index (χ2n) is 9.83. The summed E-state index contributed by atoms with van der Waals surface area (Å²) in [4.78, 5) is 23.0. The van der Waals surface area contributed by atoms with Crippen LogP contribution in [0.3, 0.4) is 0 Å². The van der Waals surface area contributed by atoms with E-state index in [1.807, 2.05) is 24.3 Å². The Morgan fingerprint density at radius 2 is 1.81 bits per heavy atom. The highest BCUT2D eigenvalue weighted by Crippen LogP contribution is 2.49. The molecule has 0 aromatic heterocycles. The van der Waals surface area contributed by atoms with Crippen LogP contribution in [0, 0.1) is 23.2 Å². The number of hydrogen-bond donors (Lipinski definition) is 3. The van der Waals surface area contributed by atoms with Crippen molar-refractivity contribution >= 4 is 36.1 Å². The summed E-state index contributed by atoms with van der Waals surface area (Å²) >= 11 is 7.45. The average Bonchev–Trinajstić information content (AvgIpc) is 2.76. The fraction of sp³-hybridized carbons (Fsp3) is 0.680. The summed E-state index contributed by atoms with van der Waals surface area (Å²) in [6, 6.07) is 8.24. The lowest BCUT2D eigenvalue weighted by Crippen LogP contribution is -2.50. The van der Waals surface area contributed by atoms with Crippen molar-refractivity contribution in [2.45, 2.75) is 75.3 Å². The van der Waals surface area contributed by atoms with Crippen LogP contribution in [-0.2, 0) is 9.59 Å². The van der Waals surface area contributed by atoms with Crippen molar-refractivity contribution in [3.63, 3.8) is 0 Å². The molecule has 1 aromatic carbocycles. The van der Waals surface area contributed by atoms with Gasteiger partial charge in [-0.15, -0.1) is 0 Å². The van der Waals surface area contributed by atoms with Crippen molar-refractivity contribution in [1.29, 1.82) is 0 Å². The van der Waals surface area contributed by atoms with Crippen molar-refractivity contribution < 1.29 is 9.59 Å². The van der Waals surface area contributed by atoms with Crippen LogP contribution in [0.15, 0.2) is 29.2 Å². The smallest absolute Gasteiger partial charge is 0.140 e. The molecule has 4 N–H and O–H groups in total. The van der Waals surface area contributed by atoms with Crippen LogP contribution in [0.2, 0.25) is 5.02 Å². The summed E-state index contributed by atoms with van der Waals surface area (Å²) in [5, 5.41) is 4.17. The number of aldehydes is 2. The molecule has 0 amide bonds. The lowest BCUT2D eigenvalue weighted by atomic mass is 9.58. The molecule has 7 heteroatoms. The standard InChI is InChI=1S/C13H23NO.C11H12ClNOS.CH5N/c1-9-4-10-5-11(12(9)14-3)7-13(2,6-10)8-15;12-9-4-1-2-5-10(9)15-13-11(8-14)6-3-7-11;1-2/h8-12,14H,4-7H2,1-3H3;1-2,4-5,8,13H,3,6-7H2;2H2,1H3. The fourth-order valence-electron chi connectivity index (χ4n) is 5.63. The summed E-state index contributed by atoms with van der Waals surface area (Å²) in [6.45, 7) is 4.49. The maximum atomic E-state index is 11.2. The molecule has 32 heavy (non-hydrogen) atoms. The molecule has 5 unspecified atom stereocenters. The highest BCUT2D eigenvalue weighted by Gasteiger charge is 2.45. The maximum absolute atomic E-state index is 11.2. The largest absolute Gasteiger partial charge is 0.333 e. The van der Waals surface area contributed by atoms with Gasteiger partial charge in [0.05, 0.1) is 10.6 Å². The predicted molar refractivity (Wildman–Crippen MR) is 135 cm³/mol. The second kappa shape index (κ2) is 12.5. The Balaban J connectivity index is 0.000000211. The number of nitrogens with one attached hydrogen (secondary N) is 2. The fourth-order valence-corrected chi connectivity index (χ4v) is 6.76. The van der Waals surface area contributed by atoms with Gasteiger partial charge in [-0.2, -0.15) is 0 Å². The summed E-state index contributed by atoms with van der Waals surface area (Å²) in [5.74, 6) is 2.28. The molecule has 0 aliphatic heterocycles. The Morgan fingerprint density at radius 3 is 2.34 bits per heavy atom. The predicted octanol–water partition coefficient (Wildman–Crippen LogP) is 4.87. The zero-order valence-electron chi connectivity index (χ0n) is 19.9. The third-order valence-corrected chi connectivity index (χ3v) is 8.76. The molecule has 3 aliphatic rings. The van der Waals surface area contributed by atoms with Gasteiger partial charge in [-0.25, -0.2) is 4.72 Å². The molecule has 5 nitrogen and oxygen atoms in total. The lowest BCUT2D eigenvalue weighted by Gasteiger charge is -2.49. The monoisotopic (exact) mass is 481 g/mol. The van der Waals surface area contributed by atoms with Gasteiger partial charge >= 0.3 is 0 Å². The first-order valence-electron chi connectivity index (χ1n) is 11.7. The summed E-state index contributed by atoms with van der Waals surface area (Å²) in [6.07, 6.45) is 10.0. The van der Waals surface area contributed by atoms with Crippen molar-refractivity contribution in [3.8, 4) is 0 Å². The molecule has 3 fully saturated rings.